The van der Waals surface area contributed by atoms with Gasteiger partial charge in [0, 0.05) is 31.1 Å². The number of aliphatic hydroxyl groups excluding tert-OH is 1. The Kier molecular flexibility index (Phi) is 6.03. The molecule has 2 aliphatic heterocycles. The number of hydrogen-bond donors (Lipinski definition) is 1. The van der Waals surface area contributed by atoms with E-state index in [1.807, 2.05) is 0 Å². The Hall–Kier alpha value is -4.65. The van der Waals surface area contributed by atoms with Crippen LogP contribution in [0.25, 0.3) is 28.1 Å². The quantitative estimate of drug-likeness (QED) is 0.358. The lowest BCUT2D eigenvalue weighted by atomic mass is 10.00. The number of aromatic nitrogens is 6. The number of benzene rings is 2. The molecule has 0 spiro atoms. The van der Waals surface area contributed by atoms with Crippen LogP contribution in [0.4, 0.5) is 8.78 Å². The normalized spacial score (nSPS) is 17.6. The van der Waals surface area contributed by atoms with Crippen molar-refractivity contribution in [2.24, 2.45) is 0 Å². The van der Waals surface area contributed by atoms with Crippen molar-refractivity contribution in [1.82, 2.24) is 33.6 Å². The van der Waals surface area contributed by atoms with E-state index in [0.717, 1.165) is 0 Å². The summed E-state index contributed by atoms with van der Waals surface area (Å²) in [5.74, 6) is -1.03. The minimum Gasteiger partial charge on any atom is -0.490 e. The predicted octanol–water partition coefficient (Wildman–Crippen LogP) is 2.57. The van der Waals surface area contributed by atoms with Crippen molar-refractivity contribution in [3.05, 3.63) is 76.6 Å². The van der Waals surface area contributed by atoms with E-state index in [9.17, 15) is 23.5 Å². The van der Waals surface area contributed by atoms with Gasteiger partial charge >= 0.3 is 5.69 Å². The van der Waals surface area contributed by atoms with E-state index in [1.165, 1.54) is 44.4 Å². The zero-order valence-electron chi connectivity index (χ0n) is 21.8. The molecule has 210 valence electrons. The SMILES string of the molecule is O=C(Cn1c(=O)n([C@@H]2CCOc3c(F)cccc32)c2nc(-n3cnc4ccc(F)cc43)ncc21)N1CCC(O)CC1. The van der Waals surface area contributed by atoms with Gasteiger partial charge in [0.1, 0.15) is 24.2 Å². The molecule has 1 atom stereocenters. The van der Waals surface area contributed by atoms with Crippen molar-refractivity contribution in [2.45, 2.75) is 38.0 Å². The molecule has 3 aromatic heterocycles. The van der Waals surface area contributed by atoms with Crippen molar-refractivity contribution in [3.63, 3.8) is 0 Å². The van der Waals surface area contributed by atoms with Crippen LogP contribution in [0.5, 0.6) is 5.75 Å². The molecule has 0 bridgehead atoms. The number of nitrogens with zero attached hydrogens (tertiary/aromatic N) is 7. The van der Waals surface area contributed by atoms with E-state index in [2.05, 4.69) is 9.97 Å². The second kappa shape index (κ2) is 9.77. The van der Waals surface area contributed by atoms with Crippen molar-refractivity contribution < 1.29 is 23.4 Å². The summed E-state index contributed by atoms with van der Waals surface area (Å²) in [7, 11) is 0. The summed E-state index contributed by atoms with van der Waals surface area (Å²) in [6, 6.07) is 8.11. The third kappa shape index (κ3) is 4.24. The van der Waals surface area contributed by atoms with Gasteiger partial charge in [-0.1, -0.05) is 12.1 Å². The number of carbonyl (C=O) groups is 1. The maximum absolute atomic E-state index is 14.7. The van der Waals surface area contributed by atoms with Crippen molar-refractivity contribution in [2.75, 3.05) is 19.7 Å². The molecule has 0 saturated carbocycles. The van der Waals surface area contributed by atoms with Crippen LogP contribution in [-0.2, 0) is 11.3 Å². The highest BCUT2D eigenvalue weighted by atomic mass is 19.1. The fraction of sp³-hybridized carbons (Fsp3) is 0.321. The fourth-order valence-corrected chi connectivity index (χ4v) is 5.73. The Morgan fingerprint density at radius 3 is 2.73 bits per heavy atom. The first-order chi connectivity index (χ1) is 19.9. The maximum Gasteiger partial charge on any atom is 0.331 e. The Balaban J connectivity index is 1.39. The highest BCUT2D eigenvalue weighted by Crippen LogP contribution is 2.37. The zero-order valence-corrected chi connectivity index (χ0v) is 21.8. The van der Waals surface area contributed by atoms with E-state index >= 15 is 0 Å². The molecule has 5 aromatic rings. The highest BCUT2D eigenvalue weighted by molar-refractivity contribution is 5.80. The van der Waals surface area contributed by atoms with Crippen LogP contribution in [0, 0.1) is 11.6 Å². The van der Waals surface area contributed by atoms with Gasteiger partial charge in [0.25, 0.3) is 0 Å². The number of likely N-dealkylation sites (tertiary alicyclic amines) is 1. The number of ether oxygens (including phenoxy) is 1. The number of amides is 1. The van der Waals surface area contributed by atoms with E-state index in [4.69, 9.17) is 9.72 Å². The Labute approximate surface area is 231 Å². The topological polar surface area (TPSA) is 120 Å². The van der Waals surface area contributed by atoms with Gasteiger partial charge in [-0.3, -0.25) is 18.5 Å². The zero-order chi connectivity index (χ0) is 28.2. The molecular formula is C28H25F2N7O4. The third-order valence-corrected chi connectivity index (χ3v) is 7.83. The highest BCUT2D eigenvalue weighted by Gasteiger charge is 2.31. The molecule has 5 heterocycles. The van der Waals surface area contributed by atoms with Crippen LogP contribution < -0.4 is 10.4 Å². The van der Waals surface area contributed by atoms with Crippen LogP contribution in [0.3, 0.4) is 0 Å². The fourth-order valence-electron chi connectivity index (χ4n) is 5.73. The van der Waals surface area contributed by atoms with Crippen LogP contribution >= 0.6 is 0 Å². The predicted molar refractivity (Wildman–Crippen MR) is 143 cm³/mol. The van der Waals surface area contributed by atoms with Crippen LogP contribution in [0.1, 0.15) is 30.9 Å². The average molecular weight is 562 g/mol. The molecule has 0 unspecified atom stereocenters. The van der Waals surface area contributed by atoms with Gasteiger partial charge in [-0.15, -0.1) is 0 Å². The van der Waals surface area contributed by atoms with Gasteiger partial charge in [-0.05, 0) is 31.0 Å². The first kappa shape index (κ1) is 25.3. The number of para-hydroxylation sites is 1. The molecule has 13 heteroatoms. The minimum atomic E-state index is -0.620. The van der Waals surface area contributed by atoms with E-state index in [1.54, 1.807) is 23.1 Å². The van der Waals surface area contributed by atoms with Crippen molar-refractivity contribution in [3.8, 4) is 11.7 Å². The molecule has 7 rings (SSSR count). The average Bonchev–Trinajstić information content (AvgIpc) is 3.51. The lowest BCUT2D eigenvalue weighted by Crippen LogP contribution is -2.43. The lowest BCUT2D eigenvalue weighted by molar-refractivity contribution is -0.133. The number of carbonyl (C=O) groups excluding carboxylic acids is 1. The van der Waals surface area contributed by atoms with Crippen LogP contribution in [0.15, 0.2) is 53.7 Å². The molecule has 1 N–H and O–H groups in total. The number of aliphatic hydroxyl groups is 1. The van der Waals surface area contributed by atoms with Crippen molar-refractivity contribution >= 4 is 28.1 Å². The van der Waals surface area contributed by atoms with Crippen LogP contribution in [0.2, 0.25) is 0 Å². The summed E-state index contributed by atoms with van der Waals surface area (Å²) < 4.78 is 38.6. The molecule has 0 radical (unpaired) electrons. The molecule has 0 aliphatic carbocycles. The molecular weight excluding hydrogens is 536 g/mol. The molecule has 11 nitrogen and oxygen atoms in total. The van der Waals surface area contributed by atoms with E-state index < -0.39 is 29.5 Å². The first-order valence-corrected chi connectivity index (χ1v) is 13.4. The summed E-state index contributed by atoms with van der Waals surface area (Å²) in [6.45, 7) is 0.714. The monoisotopic (exact) mass is 561 g/mol. The number of rotatable bonds is 4. The number of fused-ring (bicyclic) bond motifs is 3. The second-order valence-electron chi connectivity index (χ2n) is 10.3. The number of imidazole rings is 2. The summed E-state index contributed by atoms with van der Waals surface area (Å²) in [4.78, 5) is 42.4. The van der Waals surface area contributed by atoms with Gasteiger partial charge in [0.15, 0.2) is 17.2 Å². The smallest absolute Gasteiger partial charge is 0.331 e. The van der Waals surface area contributed by atoms with Crippen molar-refractivity contribution in [1.29, 1.82) is 0 Å². The Morgan fingerprint density at radius 1 is 1.07 bits per heavy atom. The van der Waals surface area contributed by atoms with Gasteiger partial charge in [0.05, 0.1) is 36.0 Å². The second-order valence-corrected chi connectivity index (χ2v) is 10.3. The van der Waals surface area contributed by atoms with E-state index in [0.29, 0.717) is 54.5 Å². The Morgan fingerprint density at radius 2 is 1.90 bits per heavy atom. The van der Waals surface area contributed by atoms with Gasteiger partial charge in [-0.25, -0.2) is 23.5 Å². The summed E-state index contributed by atoms with van der Waals surface area (Å²) in [5, 5.41) is 9.84. The molecule has 41 heavy (non-hydrogen) atoms. The molecule has 1 amide bonds. The molecule has 1 saturated heterocycles. The number of halogens is 2. The largest absolute Gasteiger partial charge is 0.490 e. The number of hydrogen-bond acceptors (Lipinski definition) is 7. The third-order valence-electron chi connectivity index (χ3n) is 7.83. The van der Waals surface area contributed by atoms with Gasteiger partial charge < -0.3 is 14.7 Å². The maximum atomic E-state index is 14.7. The number of piperidine rings is 1. The summed E-state index contributed by atoms with van der Waals surface area (Å²) in [6.07, 6.45) is 3.79. The molecule has 1 fully saturated rings. The summed E-state index contributed by atoms with van der Waals surface area (Å²) >= 11 is 0. The van der Waals surface area contributed by atoms with Gasteiger partial charge in [-0.2, -0.15) is 4.98 Å². The van der Waals surface area contributed by atoms with Gasteiger partial charge in [0.2, 0.25) is 11.9 Å². The lowest BCUT2D eigenvalue weighted by Gasteiger charge is -2.29. The standard InChI is InChI=1S/C28H25F2N7O4/c29-16-4-5-20-22(12-16)36(15-32-20)27-31-13-23-26(33-27)37(21-8-11-41-25-18(21)2-1-3-19(25)30)28(40)35(23)14-24(39)34-9-6-17(38)7-10-34/h1-5,12-13,15,17,21,38H,6-11,14H2/t21-/m1/s1. The molecule has 2 aliphatic rings. The molecule has 2 aromatic carbocycles. The minimum absolute atomic E-state index is 0.0739. The van der Waals surface area contributed by atoms with Crippen LogP contribution in [-0.4, -0.2) is 70.4 Å². The Bertz CT molecular complexity index is 1870. The first-order valence-electron chi connectivity index (χ1n) is 13.4. The summed E-state index contributed by atoms with van der Waals surface area (Å²) in [5.41, 5.74) is 1.53. The van der Waals surface area contributed by atoms with E-state index in [-0.39, 0.29) is 36.4 Å².